The first-order valence-electron chi connectivity index (χ1n) is 7.28. The molecule has 2 aliphatic rings. The van der Waals surface area contributed by atoms with E-state index >= 15 is 0 Å². The molecule has 2 bridgehead atoms. The third-order valence-corrected chi connectivity index (χ3v) is 4.99. The van der Waals surface area contributed by atoms with Crippen molar-refractivity contribution in [2.24, 2.45) is 17.8 Å². The molecule has 1 aromatic carbocycles. The summed E-state index contributed by atoms with van der Waals surface area (Å²) in [5, 5.41) is 9.21. The van der Waals surface area contributed by atoms with Gasteiger partial charge in [0.1, 0.15) is 5.82 Å². The maximum atomic E-state index is 13.2. The van der Waals surface area contributed by atoms with Gasteiger partial charge in [-0.3, -0.25) is 0 Å². The molecule has 3 atom stereocenters. The zero-order chi connectivity index (χ0) is 14.3. The summed E-state index contributed by atoms with van der Waals surface area (Å²) in [5.41, 5.74) is 0.664. The van der Waals surface area contributed by atoms with E-state index < -0.39 is 11.8 Å². The fourth-order valence-electron chi connectivity index (χ4n) is 4.06. The second-order valence-corrected chi connectivity index (χ2v) is 6.28. The van der Waals surface area contributed by atoms with Crippen LogP contribution in [0.2, 0.25) is 0 Å². The van der Waals surface area contributed by atoms with Gasteiger partial charge in [0.2, 0.25) is 0 Å². The minimum atomic E-state index is -1.07. The van der Waals surface area contributed by atoms with Crippen LogP contribution in [0.4, 0.5) is 10.1 Å². The molecule has 3 nitrogen and oxygen atoms in total. The van der Waals surface area contributed by atoms with Crippen LogP contribution in [0.3, 0.4) is 0 Å². The number of aromatic carboxylic acids is 1. The van der Waals surface area contributed by atoms with Crippen LogP contribution >= 0.6 is 0 Å². The fraction of sp³-hybridized carbons (Fsp3) is 0.562. The third-order valence-electron chi connectivity index (χ3n) is 4.99. The molecular formula is C16H20FNO2. The molecule has 0 amide bonds. The van der Waals surface area contributed by atoms with E-state index in [-0.39, 0.29) is 5.56 Å². The fourth-order valence-corrected chi connectivity index (χ4v) is 4.06. The molecule has 0 saturated heterocycles. The van der Waals surface area contributed by atoms with Crippen LogP contribution in [0, 0.1) is 23.6 Å². The van der Waals surface area contributed by atoms with Gasteiger partial charge < -0.3 is 10.0 Å². The molecule has 1 N–H and O–H groups in total. The van der Waals surface area contributed by atoms with E-state index in [0.717, 1.165) is 24.4 Å². The third kappa shape index (κ3) is 2.39. The van der Waals surface area contributed by atoms with Crippen LogP contribution in [0.1, 0.15) is 36.0 Å². The Bertz CT molecular complexity index is 531. The first-order chi connectivity index (χ1) is 9.54. The second-order valence-electron chi connectivity index (χ2n) is 6.28. The number of carboxylic acid groups (broad SMARTS) is 1. The van der Waals surface area contributed by atoms with Crippen molar-refractivity contribution >= 4 is 11.7 Å². The van der Waals surface area contributed by atoms with Crippen molar-refractivity contribution in [3.63, 3.8) is 0 Å². The molecule has 2 aliphatic carbocycles. The average molecular weight is 277 g/mol. The van der Waals surface area contributed by atoms with E-state index in [0.29, 0.717) is 11.6 Å². The Labute approximate surface area is 118 Å². The summed E-state index contributed by atoms with van der Waals surface area (Å²) in [6.07, 6.45) is 5.28. The molecule has 2 fully saturated rings. The number of anilines is 1. The van der Waals surface area contributed by atoms with E-state index in [4.69, 9.17) is 0 Å². The summed E-state index contributed by atoms with van der Waals surface area (Å²) in [4.78, 5) is 13.2. The summed E-state index contributed by atoms with van der Waals surface area (Å²) in [7, 11) is 1.91. The lowest BCUT2D eigenvalue weighted by Crippen LogP contribution is -2.29. The van der Waals surface area contributed by atoms with Gasteiger partial charge in [-0.2, -0.15) is 0 Å². The number of rotatable bonds is 4. The zero-order valence-corrected chi connectivity index (χ0v) is 11.7. The Morgan fingerprint density at radius 3 is 2.80 bits per heavy atom. The van der Waals surface area contributed by atoms with Gasteiger partial charge in [0, 0.05) is 13.6 Å². The molecule has 0 spiro atoms. The predicted octanol–water partition coefficient (Wildman–Crippen LogP) is 3.40. The van der Waals surface area contributed by atoms with Crippen molar-refractivity contribution in [3.8, 4) is 0 Å². The molecule has 2 saturated carbocycles. The highest BCUT2D eigenvalue weighted by Gasteiger charge is 2.39. The number of hydrogen-bond donors (Lipinski definition) is 1. The van der Waals surface area contributed by atoms with Gasteiger partial charge in [-0.05, 0) is 55.2 Å². The normalized spacial score (nSPS) is 27.8. The molecule has 108 valence electrons. The maximum absolute atomic E-state index is 13.2. The number of hydrogen-bond acceptors (Lipinski definition) is 2. The predicted molar refractivity (Wildman–Crippen MR) is 75.6 cm³/mol. The highest BCUT2D eigenvalue weighted by molar-refractivity contribution is 5.94. The van der Waals surface area contributed by atoms with E-state index in [1.807, 2.05) is 11.9 Å². The number of halogens is 1. The standard InChI is InChI=1S/C16H20FNO2/c1-18(9-12-7-10-2-3-11(12)6-10)15-5-4-13(17)8-14(15)16(19)20/h4-5,8,10-12H,2-3,6-7,9H2,1H3,(H,19,20). The van der Waals surface area contributed by atoms with Crippen molar-refractivity contribution in [1.82, 2.24) is 0 Å². The first kappa shape index (κ1) is 13.4. The quantitative estimate of drug-likeness (QED) is 0.917. The van der Waals surface area contributed by atoms with Crippen LogP contribution in [0.15, 0.2) is 18.2 Å². The molecule has 0 aromatic heterocycles. The summed E-state index contributed by atoms with van der Waals surface area (Å²) < 4.78 is 13.2. The SMILES string of the molecule is CN(CC1CC2CCC1C2)c1ccc(F)cc1C(=O)O. The monoisotopic (exact) mass is 277 g/mol. The molecule has 3 unspecified atom stereocenters. The lowest BCUT2D eigenvalue weighted by Gasteiger charge is -2.29. The van der Waals surface area contributed by atoms with Gasteiger partial charge in [0.25, 0.3) is 0 Å². The highest BCUT2D eigenvalue weighted by Crippen LogP contribution is 2.48. The van der Waals surface area contributed by atoms with Crippen LogP contribution in [0.25, 0.3) is 0 Å². The zero-order valence-electron chi connectivity index (χ0n) is 11.7. The number of carbonyl (C=O) groups is 1. The highest BCUT2D eigenvalue weighted by atomic mass is 19.1. The Kier molecular flexibility index (Phi) is 3.40. The van der Waals surface area contributed by atoms with Crippen molar-refractivity contribution in [2.75, 3.05) is 18.5 Å². The number of benzene rings is 1. The van der Waals surface area contributed by atoms with E-state index in [1.165, 1.54) is 31.7 Å². The summed E-state index contributed by atoms with van der Waals surface area (Å²) in [6, 6.07) is 4.01. The molecule has 3 rings (SSSR count). The largest absolute Gasteiger partial charge is 0.478 e. The van der Waals surface area contributed by atoms with Gasteiger partial charge in [-0.15, -0.1) is 0 Å². The molecule has 0 radical (unpaired) electrons. The molecule has 0 aliphatic heterocycles. The van der Waals surface area contributed by atoms with E-state index in [2.05, 4.69) is 0 Å². The second kappa shape index (κ2) is 5.08. The van der Waals surface area contributed by atoms with Crippen molar-refractivity contribution in [1.29, 1.82) is 0 Å². The Balaban J connectivity index is 1.77. The van der Waals surface area contributed by atoms with E-state index in [1.54, 1.807) is 6.07 Å². The molecule has 0 heterocycles. The Morgan fingerprint density at radius 2 is 2.20 bits per heavy atom. The lowest BCUT2D eigenvalue weighted by molar-refractivity contribution is 0.0697. The summed E-state index contributed by atoms with van der Waals surface area (Å²) in [6.45, 7) is 0.868. The minimum absolute atomic E-state index is 0.0515. The maximum Gasteiger partial charge on any atom is 0.337 e. The summed E-state index contributed by atoms with van der Waals surface area (Å²) in [5.74, 6) is 0.769. The van der Waals surface area contributed by atoms with E-state index in [9.17, 15) is 14.3 Å². The molecule has 4 heteroatoms. The first-order valence-corrected chi connectivity index (χ1v) is 7.28. The molecular weight excluding hydrogens is 257 g/mol. The lowest BCUT2D eigenvalue weighted by atomic mass is 9.88. The number of fused-ring (bicyclic) bond motifs is 2. The van der Waals surface area contributed by atoms with Gasteiger partial charge >= 0.3 is 5.97 Å². The van der Waals surface area contributed by atoms with Crippen LogP contribution in [0.5, 0.6) is 0 Å². The van der Waals surface area contributed by atoms with Crippen LogP contribution in [-0.4, -0.2) is 24.7 Å². The number of nitrogens with zero attached hydrogens (tertiary/aromatic N) is 1. The molecule has 1 aromatic rings. The van der Waals surface area contributed by atoms with Gasteiger partial charge in [-0.25, -0.2) is 9.18 Å². The topological polar surface area (TPSA) is 40.5 Å². The average Bonchev–Trinajstić information content (AvgIpc) is 3.00. The smallest absolute Gasteiger partial charge is 0.337 e. The Morgan fingerprint density at radius 1 is 1.40 bits per heavy atom. The van der Waals surface area contributed by atoms with Crippen molar-refractivity contribution in [2.45, 2.75) is 25.7 Å². The minimum Gasteiger partial charge on any atom is -0.478 e. The molecule has 20 heavy (non-hydrogen) atoms. The van der Waals surface area contributed by atoms with Crippen LogP contribution < -0.4 is 4.90 Å². The van der Waals surface area contributed by atoms with Crippen molar-refractivity contribution < 1.29 is 14.3 Å². The van der Waals surface area contributed by atoms with Crippen molar-refractivity contribution in [3.05, 3.63) is 29.6 Å². The van der Waals surface area contributed by atoms with Gasteiger partial charge in [0.05, 0.1) is 11.3 Å². The number of carboxylic acids is 1. The Hall–Kier alpha value is -1.58. The van der Waals surface area contributed by atoms with Crippen LogP contribution in [-0.2, 0) is 0 Å². The van der Waals surface area contributed by atoms with Gasteiger partial charge in [0.15, 0.2) is 0 Å². The van der Waals surface area contributed by atoms with Gasteiger partial charge in [-0.1, -0.05) is 6.42 Å². The summed E-state index contributed by atoms with van der Waals surface area (Å²) >= 11 is 0.